The van der Waals surface area contributed by atoms with Crippen LogP contribution in [0.2, 0.25) is 0 Å². The minimum absolute atomic E-state index is 0.0724. The summed E-state index contributed by atoms with van der Waals surface area (Å²) in [5.41, 5.74) is 5.72. The molecule has 0 heterocycles. The molecule has 0 saturated heterocycles. The summed E-state index contributed by atoms with van der Waals surface area (Å²) in [6, 6.07) is -2.63. The third kappa shape index (κ3) is 10.5. The number of carbonyl (C=O) groups is 4. The van der Waals surface area contributed by atoms with E-state index < -0.39 is 41.8 Å². The molecule has 162 valence electrons. The second-order valence-electron chi connectivity index (χ2n) is 7.42. The van der Waals surface area contributed by atoms with Gasteiger partial charge in [0.15, 0.2) is 0 Å². The maximum Gasteiger partial charge on any atom is 0.326 e. The molecule has 0 aliphatic heterocycles. The summed E-state index contributed by atoms with van der Waals surface area (Å²) in [7, 11) is 0. The normalized spacial score (nSPS) is 14.3. The molecule has 6 N–H and O–H groups in total. The lowest BCUT2D eigenvalue weighted by Crippen LogP contribution is -2.54. The first kappa shape index (κ1) is 26.2. The lowest BCUT2D eigenvalue weighted by Gasteiger charge is -2.23. The van der Waals surface area contributed by atoms with Crippen LogP contribution in [-0.4, -0.2) is 65.5 Å². The number of hydrogen-bond acceptors (Lipinski definition) is 6. The lowest BCUT2D eigenvalue weighted by atomic mass is 10.0. The van der Waals surface area contributed by atoms with E-state index in [0.717, 1.165) is 0 Å². The molecule has 28 heavy (non-hydrogen) atoms. The van der Waals surface area contributed by atoms with Gasteiger partial charge in [-0.1, -0.05) is 27.7 Å². The molecule has 0 radical (unpaired) electrons. The number of amides is 3. The zero-order valence-electron chi connectivity index (χ0n) is 17.3. The first-order chi connectivity index (χ1) is 13.0. The molecular weight excluding hydrogens is 384 g/mol. The topological polar surface area (TPSA) is 151 Å². The number of carbonyl (C=O) groups excluding carboxylic acids is 3. The molecule has 9 nitrogen and oxygen atoms in total. The molecule has 0 saturated carbocycles. The molecule has 10 heteroatoms. The summed E-state index contributed by atoms with van der Waals surface area (Å²) in [5, 5.41) is 16.8. The maximum atomic E-state index is 12.5. The van der Waals surface area contributed by atoms with Gasteiger partial charge in [0.05, 0.1) is 12.6 Å². The van der Waals surface area contributed by atoms with Gasteiger partial charge in [0, 0.05) is 0 Å². The summed E-state index contributed by atoms with van der Waals surface area (Å²) in [4.78, 5) is 47.9. The molecule has 3 unspecified atom stereocenters. The molecule has 0 aromatic rings. The molecule has 0 fully saturated rings. The van der Waals surface area contributed by atoms with Gasteiger partial charge >= 0.3 is 5.97 Å². The van der Waals surface area contributed by atoms with Gasteiger partial charge in [-0.05, 0) is 36.7 Å². The van der Waals surface area contributed by atoms with Gasteiger partial charge in [-0.25, -0.2) is 4.79 Å². The zero-order valence-corrected chi connectivity index (χ0v) is 18.1. The number of rotatable bonds is 13. The van der Waals surface area contributed by atoms with Gasteiger partial charge < -0.3 is 26.8 Å². The Morgan fingerprint density at radius 2 is 1.61 bits per heavy atom. The Bertz CT molecular complexity index is 542. The van der Waals surface area contributed by atoms with Crippen molar-refractivity contribution in [2.45, 2.75) is 58.7 Å². The minimum atomic E-state index is -1.12. The Labute approximate surface area is 170 Å². The Morgan fingerprint density at radius 3 is 2.07 bits per heavy atom. The summed E-state index contributed by atoms with van der Waals surface area (Å²) >= 11 is 1.48. The van der Waals surface area contributed by atoms with Crippen LogP contribution in [0.3, 0.4) is 0 Å². The smallest absolute Gasteiger partial charge is 0.326 e. The van der Waals surface area contributed by atoms with Crippen molar-refractivity contribution in [1.82, 2.24) is 16.0 Å². The third-order valence-corrected chi connectivity index (χ3v) is 4.67. The summed E-state index contributed by atoms with van der Waals surface area (Å²) in [6.45, 7) is 7.05. The SMILES string of the molecule is CSCCC(NC(=O)C(CC(C)C)NC(=O)CNC(=O)C(N)C(C)C)C(=O)O. The van der Waals surface area contributed by atoms with Gasteiger partial charge in [-0.15, -0.1) is 0 Å². The molecule has 0 aromatic heterocycles. The lowest BCUT2D eigenvalue weighted by molar-refractivity contribution is -0.142. The van der Waals surface area contributed by atoms with Crippen molar-refractivity contribution in [2.75, 3.05) is 18.6 Å². The van der Waals surface area contributed by atoms with E-state index in [1.807, 2.05) is 20.1 Å². The van der Waals surface area contributed by atoms with Crippen LogP contribution in [0.1, 0.15) is 40.5 Å². The van der Waals surface area contributed by atoms with Crippen molar-refractivity contribution < 1.29 is 24.3 Å². The van der Waals surface area contributed by atoms with Crippen molar-refractivity contribution in [2.24, 2.45) is 17.6 Å². The van der Waals surface area contributed by atoms with Gasteiger partial charge in [-0.2, -0.15) is 11.8 Å². The molecular formula is C18H34N4O5S. The Kier molecular flexibility index (Phi) is 12.5. The van der Waals surface area contributed by atoms with Crippen LogP contribution in [-0.2, 0) is 19.2 Å². The zero-order chi connectivity index (χ0) is 21.9. The van der Waals surface area contributed by atoms with Crippen LogP contribution in [0.4, 0.5) is 0 Å². The number of nitrogens with two attached hydrogens (primary N) is 1. The fraction of sp³-hybridized carbons (Fsp3) is 0.778. The van der Waals surface area contributed by atoms with E-state index >= 15 is 0 Å². The second kappa shape index (κ2) is 13.4. The second-order valence-corrected chi connectivity index (χ2v) is 8.40. The largest absolute Gasteiger partial charge is 0.480 e. The molecule has 0 spiro atoms. The molecule has 0 aliphatic rings. The highest BCUT2D eigenvalue weighted by Gasteiger charge is 2.27. The van der Waals surface area contributed by atoms with E-state index in [0.29, 0.717) is 12.2 Å². The van der Waals surface area contributed by atoms with Gasteiger partial charge in [0.1, 0.15) is 12.1 Å². The van der Waals surface area contributed by atoms with Crippen LogP contribution in [0, 0.1) is 11.8 Å². The molecule has 0 bridgehead atoms. The molecule has 0 aliphatic carbocycles. The monoisotopic (exact) mass is 418 g/mol. The van der Waals surface area contributed by atoms with E-state index in [9.17, 15) is 24.3 Å². The van der Waals surface area contributed by atoms with Crippen molar-refractivity contribution in [3.8, 4) is 0 Å². The molecule has 3 atom stereocenters. The van der Waals surface area contributed by atoms with E-state index in [2.05, 4.69) is 16.0 Å². The summed E-state index contributed by atoms with van der Waals surface area (Å²) < 4.78 is 0. The van der Waals surface area contributed by atoms with E-state index in [1.54, 1.807) is 13.8 Å². The maximum absolute atomic E-state index is 12.5. The summed E-state index contributed by atoms with van der Waals surface area (Å²) in [6.07, 6.45) is 2.47. The van der Waals surface area contributed by atoms with Crippen LogP contribution >= 0.6 is 11.8 Å². The summed E-state index contributed by atoms with van der Waals surface area (Å²) in [5.74, 6) is -2.06. The highest BCUT2D eigenvalue weighted by molar-refractivity contribution is 7.98. The predicted octanol–water partition coefficient (Wildman–Crippen LogP) is -0.0607. The standard InChI is InChI=1S/C18H34N4O5S/c1-10(2)8-13(16(24)22-12(18(26)27)6-7-28-5)21-14(23)9-20-17(25)15(19)11(3)4/h10-13,15H,6-9,19H2,1-5H3,(H,20,25)(H,21,23)(H,22,24)(H,26,27). The van der Waals surface area contributed by atoms with Crippen LogP contribution in [0.5, 0.6) is 0 Å². The van der Waals surface area contributed by atoms with Crippen molar-refractivity contribution in [3.05, 3.63) is 0 Å². The van der Waals surface area contributed by atoms with Crippen LogP contribution in [0.25, 0.3) is 0 Å². The van der Waals surface area contributed by atoms with Gasteiger partial charge in [0.2, 0.25) is 17.7 Å². The van der Waals surface area contributed by atoms with Crippen molar-refractivity contribution in [1.29, 1.82) is 0 Å². The number of nitrogens with one attached hydrogen (secondary N) is 3. The molecule has 0 rings (SSSR count). The fourth-order valence-electron chi connectivity index (χ4n) is 2.30. The predicted molar refractivity (Wildman–Crippen MR) is 110 cm³/mol. The average molecular weight is 419 g/mol. The number of carboxylic acids is 1. The Morgan fingerprint density at radius 1 is 1.00 bits per heavy atom. The van der Waals surface area contributed by atoms with Gasteiger partial charge in [-0.3, -0.25) is 14.4 Å². The highest BCUT2D eigenvalue weighted by Crippen LogP contribution is 2.07. The fourth-order valence-corrected chi connectivity index (χ4v) is 2.77. The number of hydrogen-bond donors (Lipinski definition) is 5. The first-order valence-electron chi connectivity index (χ1n) is 9.34. The highest BCUT2D eigenvalue weighted by atomic mass is 32.2. The first-order valence-corrected chi connectivity index (χ1v) is 10.7. The van der Waals surface area contributed by atoms with Crippen molar-refractivity contribution >= 4 is 35.5 Å². The van der Waals surface area contributed by atoms with Crippen molar-refractivity contribution in [3.63, 3.8) is 0 Å². The Balaban J connectivity index is 4.87. The quantitative estimate of drug-likeness (QED) is 0.281. The van der Waals surface area contributed by atoms with Crippen LogP contribution in [0.15, 0.2) is 0 Å². The molecule has 0 aromatic carbocycles. The number of carboxylic acid groups (broad SMARTS) is 1. The van der Waals surface area contributed by atoms with E-state index in [-0.39, 0.29) is 24.8 Å². The van der Waals surface area contributed by atoms with E-state index in [1.165, 1.54) is 11.8 Å². The van der Waals surface area contributed by atoms with E-state index in [4.69, 9.17) is 5.73 Å². The number of aliphatic carboxylic acids is 1. The Hall–Kier alpha value is -1.81. The average Bonchev–Trinajstić information content (AvgIpc) is 2.60. The molecule has 3 amide bonds. The van der Waals surface area contributed by atoms with Crippen LogP contribution < -0.4 is 21.7 Å². The third-order valence-electron chi connectivity index (χ3n) is 4.03. The minimum Gasteiger partial charge on any atom is -0.480 e. The number of thioether (sulfide) groups is 1. The van der Waals surface area contributed by atoms with Gasteiger partial charge in [0.25, 0.3) is 0 Å².